The van der Waals surface area contributed by atoms with Gasteiger partial charge in [-0.2, -0.15) is 0 Å². The Bertz CT molecular complexity index is 1450. The van der Waals surface area contributed by atoms with Crippen LogP contribution in [0.2, 0.25) is 0 Å². The summed E-state index contributed by atoms with van der Waals surface area (Å²) in [7, 11) is 0. The summed E-state index contributed by atoms with van der Waals surface area (Å²) in [4.78, 5) is 34.7. The van der Waals surface area contributed by atoms with Gasteiger partial charge in [-0.1, -0.05) is 0 Å². The molecule has 0 aliphatic carbocycles. The molecule has 0 radical (unpaired) electrons. The number of esters is 2. The highest BCUT2D eigenvalue weighted by molar-refractivity contribution is 5.90. The summed E-state index contributed by atoms with van der Waals surface area (Å²) >= 11 is 0. The molecule has 15 nitrogen and oxygen atoms in total. The van der Waals surface area contributed by atoms with E-state index in [1.807, 2.05) is 0 Å². The van der Waals surface area contributed by atoms with E-state index in [-0.39, 0.29) is 61.4 Å². The highest BCUT2D eigenvalue weighted by Crippen LogP contribution is 2.32. The van der Waals surface area contributed by atoms with Crippen LogP contribution in [0.15, 0.2) is 72.8 Å². The second kappa shape index (κ2) is 15.4. The fraction of sp³-hybridized carbons (Fsp3) is 0.364. The van der Waals surface area contributed by atoms with E-state index >= 15 is 0 Å². The highest BCUT2D eigenvalue weighted by Gasteiger charge is 2.51. The SMILES string of the molecule is O=C(O)c1ccc(O)cc1.O=C(O[C@@H]1CO[C@H]2[C@@H]1OC[C@H]2OC(=O)c1ccc(O)cc1)c1ccc(O)cc1.O[C@@H]1CO[C@H]2[C@@H]1OC[C@H]2O. The van der Waals surface area contributed by atoms with Gasteiger partial charge >= 0.3 is 17.9 Å². The number of rotatable bonds is 5. The number of phenols is 3. The topological polar surface area (TPSA) is 228 Å². The van der Waals surface area contributed by atoms with Gasteiger partial charge in [-0.15, -0.1) is 0 Å². The number of aliphatic hydroxyl groups excluding tert-OH is 2. The summed E-state index contributed by atoms with van der Waals surface area (Å²) in [6, 6.07) is 16.8. The first-order chi connectivity index (χ1) is 23.0. The van der Waals surface area contributed by atoms with E-state index < -0.39 is 54.5 Å². The first-order valence-electron chi connectivity index (χ1n) is 14.8. The molecule has 0 aromatic heterocycles. The average Bonchev–Trinajstić information content (AvgIpc) is 3.85. The molecule has 15 heteroatoms. The van der Waals surface area contributed by atoms with Crippen molar-refractivity contribution in [2.24, 2.45) is 0 Å². The van der Waals surface area contributed by atoms with Gasteiger partial charge in [0.1, 0.15) is 53.9 Å². The molecule has 4 aliphatic rings. The number of ether oxygens (including phenoxy) is 6. The first kappa shape index (κ1) is 34.6. The fourth-order valence-electron chi connectivity index (χ4n) is 5.30. The molecule has 7 rings (SSSR count). The summed E-state index contributed by atoms with van der Waals surface area (Å²) in [5.41, 5.74) is 0.780. The molecular formula is C33H34O15. The molecule has 8 atom stereocenters. The number of carbonyl (C=O) groups is 3. The molecule has 0 bridgehead atoms. The third-order valence-corrected chi connectivity index (χ3v) is 7.80. The number of aliphatic hydroxyl groups is 2. The monoisotopic (exact) mass is 670 g/mol. The van der Waals surface area contributed by atoms with Gasteiger partial charge in [0.2, 0.25) is 0 Å². The van der Waals surface area contributed by atoms with E-state index in [1.54, 1.807) is 0 Å². The van der Waals surface area contributed by atoms with Crippen molar-refractivity contribution in [2.45, 2.75) is 48.8 Å². The van der Waals surface area contributed by atoms with Crippen LogP contribution < -0.4 is 0 Å². The van der Waals surface area contributed by atoms with E-state index in [0.29, 0.717) is 11.1 Å². The maximum Gasteiger partial charge on any atom is 0.338 e. The van der Waals surface area contributed by atoms with Gasteiger partial charge in [0.05, 0.1) is 43.1 Å². The minimum absolute atomic E-state index is 0.0539. The van der Waals surface area contributed by atoms with Crippen LogP contribution in [0.5, 0.6) is 17.2 Å². The van der Waals surface area contributed by atoms with Gasteiger partial charge in [0.15, 0.2) is 12.2 Å². The van der Waals surface area contributed by atoms with E-state index in [2.05, 4.69) is 0 Å². The van der Waals surface area contributed by atoms with Crippen LogP contribution in [0.25, 0.3) is 0 Å². The van der Waals surface area contributed by atoms with E-state index in [4.69, 9.17) is 48.8 Å². The summed E-state index contributed by atoms with van der Waals surface area (Å²) < 4.78 is 32.4. The largest absolute Gasteiger partial charge is 0.508 e. The van der Waals surface area contributed by atoms with Crippen LogP contribution in [-0.2, 0) is 28.4 Å². The van der Waals surface area contributed by atoms with Gasteiger partial charge in [0.25, 0.3) is 0 Å². The third-order valence-electron chi connectivity index (χ3n) is 7.80. The van der Waals surface area contributed by atoms with Gasteiger partial charge in [-0.25, -0.2) is 14.4 Å². The predicted molar refractivity (Wildman–Crippen MR) is 161 cm³/mol. The Morgan fingerprint density at radius 3 is 1.15 bits per heavy atom. The Kier molecular flexibility index (Phi) is 11.1. The van der Waals surface area contributed by atoms with E-state index in [9.17, 15) is 24.6 Å². The van der Waals surface area contributed by atoms with Crippen LogP contribution in [0, 0.1) is 0 Å². The lowest BCUT2D eigenvalue weighted by molar-refractivity contribution is -0.0287. The molecule has 4 aliphatic heterocycles. The van der Waals surface area contributed by atoms with Crippen molar-refractivity contribution in [1.29, 1.82) is 0 Å². The lowest BCUT2D eigenvalue weighted by Gasteiger charge is -2.17. The van der Waals surface area contributed by atoms with Crippen molar-refractivity contribution in [3.05, 3.63) is 89.5 Å². The number of phenolic OH excluding ortho intramolecular Hbond substituents is 3. The second-order valence-corrected chi connectivity index (χ2v) is 11.2. The zero-order valence-corrected chi connectivity index (χ0v) is 25.2. The molecule has 4 fully saturated rings. The Hall–Kier alpha value is -4.77. The zero-order chi connectivity index (χ0) is 34.4. The van der Waals surface area contributed by atoms with Crippen LogP contribution in [0.1, 0.15) is 31.1 Å². The zero-order valence-electron chi connectivity index (χ0n) is 25.2. The summed E-state index contributed by atoms with van der Waals surface area (Å²) in [5, 5.41) is 54.0. The fourth-order valence-corrected chi connectivity index (χ4v) is 5.30. The number of carboxylic acid groups (broad SMARTS) is 1. The molecule has 4 heterocycles. The first-order valence-corrected chi connectivity index (χ1v) is 14.8. The van der Waals surface area contributed by atoms with Crippen molar-refractivity contribution in [1.82, 2.24) is 0 Å². The molecule has 0 spiro atoms. The van der Waals surface area contributed by atoms with Gasteiger partial charge in [-0.3, -0.25) is 0 Å². The highest BCUT2D eigenvalue weighted by atomic mass is 16.7. The predicted octanol–water partition coefficient (Wildman–Crippen LogP) is 1.24. The number of hydrogen-bond donors (Lipinski definition) is 6. The van der Waals surface area contributed by atoms with Crippen LogP contribution in [-0.4, -0.2) is 124 Å². The number of aromatic carboxylic acids is 1. The van der Waals surface area contributed by atoms with Crippen molar-refractivity contribution < 1.29 is 73.4 Å². The summed E-state index contributed by atoms with van der Waals surface area (Å²) in [6.45, 7) is 0.831. The molecule has 3 aromatic carbocycles. The van der Waals surface area contributed by atoms with Gasteiger partial charge in [-0.05, 0) is 72.8 Å². The molecule has 0 amide bonds. The van der Waals surface area contributed by atoms with Gasteiger partial charge in [0, 0.05) is 0 Å². The molecule has 256 valence electrons. The molecule has 3 aromatic rings. The molecule has 6 N–H and O–H groups in total. The summed E-state index contributed by atoms with van der Waals surface area (Å²) in [5.74, 6) is -1.91. The third kappa shape index (κ3) is 8.38. The van der Waals surface area contributed by atoms with Crippen LogP contribution in [0.4, 0.5) is 0 Å². The van der Waals surface area contributed by atoms with Crippen molar-refractivity contribution >= 4 is 17.9 Å². The summed E-state index contributed by atoms with van der Waals surface area (Å²) in [6.07, 6.45) is -4.00. The Morgan fingerprint density at radius 2 is 0.812 bits per heavy atom. The molecule has 0 unspecified atom stereocenters. The van der Waals surface area contributed by atoms with Crippen LogP contribution >= 0.6 is 0 Å². The Morgan fingerprint density at radius 1 is 0.500 bits per heavy atom. The van der Waals surface area contributed by atoms with Crippen molar-refractivity contribution in [3.8, 4) is 17.2 Å². The lowest BCUT2D eigenvalue weighted by Crippen LogP contribution is -2.36. The number of carboxylic acids is 1. The maximum atomic E-state index is 12.3. The molecule has 48 heavy (non-hydrogen) atoms. The average molecular weight is 671 g/mol. The quantitative estimate of drug-likeness (QED) is 0.210. The Labute approximate surface area is 273 Å². The molecular weight excluding hydrogens is 636 g/mol. The lowest BCUT2D eigenvalue weighted by atomic mass is 10.1. The number of carbonyl (C=O) groups excluding carboxylic acids is 2. The standard InChI is InChI=1S/C20H18O8.C7H6O3.C6H10O4/c21-13-5-1-11(2-6-13)19(23)27-15-9-25-18-16(10-26-17(15)18)28-20(24)12-3-7-14(22)8-4-12;8-6-3-1-5(2-4-6)7(9)10;7-3-1-9-6-4(8)2-10-5(3)6/h1-8,15-18,21-22H,9-10H2;1-4,8H,(H,9,10);3-8H,1-2H2/t15-,16-,17-,18-;;3-,4-,5-,6-/m1.1/s1. The molecule has 4 saturated heterocycles. The van der Waals surface area contributed by atoms with E-state index in [0.717, 1.165) is 0 Å². The van der Waals surface area contributed by atoms with Crippen molar-refractivity contribution in [2.75, 3.05) is 26.4 Å². The van der Waals surface area contributed by atoms with Gasteiger partial charge < -0.3 is 59.1 Å². The number of fused-ring (bicyclic) bond motifs is 2. The number of aromatic hydroxyl groups is 3. The second-order valence-electron chi connectivity index (χ2n) is 11.2. The normalized spacial score (nSPS) is 28.1. The smallest absolute Gasteiger partial charge is 0.338 e. The van der Waals surface area contributed by atoms with Crippen molar-refractivity contribution in [3.63, 3.8) is 0 Å². The maximum absolute atomic E-state index is 12.3. The number of hydrogen-bond acceptors (Lipinski definition) is 14. The Balaban J connectivity index is 0.000000182. The minimum atomic E-state index is -0.986. The van der Waals surface area contributed by atoms with Crippen LogP contribution in [0.3, 0.4) is 0 Å². The molecule has 0 saturated carbocycles. The van der Waals surface area contributed by atoms with E-state index in [1.165, 1.54) is 72.8 Å². The number of benzene rings is 3. The minimum Gasteiger partial charge on any atom is -0.508 e.